The zero-order chi connectivity index (χ0) is 16.4. The minimum atomic E-state index is -1.09. The quantitative estimate of drug-likeness (QED) is 0.662. The van der Waals surface area contributed by atoms with E-state index in [1.165, 1.54) is 4.90 Å². The topological polar surface area (TPSA) is 76.1 Å². The highest BCUT2D eigenvalue weighted by molar-refractivity contribution is 6.23. The lowest BCUT2D eigenvalue weighted by Crippen LogP contribution is -2.43. The Kier molecular flexibility index (Phi) is 2.77. The number of ether oxygens (including phenoxy) is 2. The molecule has 23 heavy (non-hydrogen) atoms. The van der Waals surface area contributed by atoms with Gasteiger partial charge < -0.3 is 14.6 Å². The Hall–Kier alpha value is -2.18. The minimum Gasteiger partial charge on any atom is -0.497 e. The van der Waals surface area contributed by atoms with E-state index in [0.29, 0.717) is 11.4 Å². The van der Waals surface area contributed by atoms with Crippen LogP contribution in [0.5, 0.6) is 5.75 Å². The Bertz CT molecular complexity index is 727. The molecule has 3 heterocycles. The van der Waals surface area contributed by atoms with E-state index < -0.39 is 23.0 Å². The number of hydrogen-bond donors (Lipinski definition) is 1. The second-order valence-corrected chi connectivity index (χ2v) is 6.40. The highest BCUT2D eigenvalue weighted by atomic mass is 16.5. The van der Waals surface area contributed by atoms with Crippen LogP contribution in [0, 0.1) is 11.8 Å². The van der Waals surface area contributed by atoms with Crippen molar-refractivity contribution in [1.82, 2.24) is 0 Å². The maximum absolute atomic E-state index is 12.9. The molecule has 0 saturated carbocycles. The number of aliphatic hydroxyl groups is 1. The molecule has 2 saturated heterocycles. The SMILES string of the molecule is COc1ccc(N2C(=O)[C@H]3[C@H](C2=O)[C@@]2(CO)C=C[C@@]3(C)O2)cc1. The van der Waals surface area contributed by atoms with Gasteiger partial charge in [0.2, 0.25) is 11.8 Å². The number of hydrogen-bond acceptors (Lipinski definition) is 5. The van der Waals surface area contributed by atoms with Gasteiger partial charge in [-0.1, -0.05) is 12.2 Å². The van der Waals surface area contributed by atoms with Gasteiger partial charge in [0.25, 0.3) is 0 Å². The van der Waals surface area contributed by atoms with Crippen LogP contribution in [0.2, 0.25) is 0 Å². The molecule has 0 spiro atoms. The molecular formula is C17H17NO5. The number of aliphatic hydroxyl groups excluding tert-OH is 1. The van der Waals surface area contributed by atoms with E-state index in [1.807, 2.05) is 0 Å². The largest absolute Gasteiger partial charge is 0.497 e. The molecule has 0 unspecified atom stereocenters. The molecule has 2 amide bonds. The summed E-state index contributed by atoms with van der Waals surface area (Å²) in [4.78, 5) is 27.0. The Morgan fingerprint density at radius 1 is 1.17 bits per heavy atom. The number of carbonyl (C=O) groups excluding carboxylic acids is 2. The molecule has 3 aliphatic heterocycles. The van der Waals surface area contributed by atoms with E-state index in [-0.39, 0.29) is 18.4 Å². The van der Waals surface area contributed by atoms with Gasteiger partial charge in [-0.05, 0) is 31.2 Å². The number of amides is 2. The Morgan fingerprint density at radius 3 is 2.43 bits per heavy atom. The fourth-order valence-electron chi connectivity index (χ4n) is 4.03. The molecule has 0 radical (unpaired) electrons. The zero-order valence-corrected chi connectivity index (χ0v) is 12.9. The maximum atomic E-state index is 12.9. The van der Waals surface area contributed by atoms with E-state index in [9.17, 15) is 14.7 Å². The van der Waals surface area contributed by atoms with Gasteiger partial charge in [-0.15, -0.1) is 0 Å². The van der Waals surface area contributed by atoms with Gasteiger partial charge in [0, 0.05) is 0 Å². The number of imide groups is 1. The van der Waals surface area contributed by atoms with Gasteiger partial charge in [0.05, 0.1) is 36.8 Å². The van der Waals surface area contributed by atoms with Gasteiger partial charge in [-0.25, -0.2) is 4.90 Å². The summed E-state index contributed by atoms with van der Waals surface area (Å²) < 4.78 is 11.0. The van der Waals surface area contributed by atoms with Crippen LogP contribution in [-0.4, -0.2) is 41.8 Å². The number of carbonyl (C=O) groups is 2. The fourth-order valence-corrected chi connectivity index (χ4v) is 4.03. The zero-order valence-electron chi connectivity index (χ0n) is 12.9. The van der Waals surface area contributed by atoms with Gasteiger partial charge in [0.1, 0.15) is 11.4 Å². The van der Waals surface area contributed by atoms with Crippen molar-refractivity contribution in [2.75, 3.05) is 18.6 Å². The molecule has 4 atom stereocenters. The van der Waals surface area contributed by atoms with E-state index in [2.05, 4.69) is 0 Å². The molecule has 2 fully saturated rings. The number of fused-ring (bicyclic) bond motifs is 5. The van der Waals surface area contributed by atoms with Crippen molar-refractivity contribution in [2.24, 2.45) is 11.8 Å². The molecule has 2 bridgehead atoms. The molecule has 1 aromatic rings. The van der Waals surface area contributed by atoms with E-state index in [0.717, 1.165) is 0 Å². The number of methoxy groups -OCH3 is 1. The van der Waals surface area contributed by atoms with Crippen LogP contribution in [0.25, 0.3) is 0 Å². The van der Waals surface area contributed by atoms with Crippen LogP contribution in [0.1, 0.15) is 6.92 Å². The van der Waals surface area contributed by atoms with Crippen molar-refractivity contribution in [3.63, 3.8) is 0 Å². The molecule has 6 nitrogen and oxygen atoms in total. The molecule has 120 valence electrons. The summed E-state index contributed by atoms with van der Waals surface area (Å²) in [6, 6.07) is 6.77. The predicted molar refractivity (Wildman–Crippen MR) is 80.9 cm³/mol. The van der Waals surface area contributed by atoms with Crippen LogP contribution in [-0.2, 0) is 14.3 Å². The lowest BCUT2D eigenvalue weighted by Gasteiger charge is -2.26. The Labute approximate surface area is 133 Å². The third-order valence-corrected chi connectivity index (χ3v) is 5.13. The van der Waals surface area contributed by atoms with Gasteiger partial charge in [-0.2, -0.15) is 0 Å². The maximum Gasteiger partial charge on any atom is 0.241 e. The van der Waals surface area contributed by atoms with Crippen molar-refractivity contribution < 1.29 is 24.2 Å². The van der Waals surface area contributed by atoms with Crippen molar-refractivity contribution in [2.45, 2.75) is 18.1 Å². The summed E-state index contributed by atoms with van der Waals surface area (Å²) in [5, 5.41) is 9.76. The van der Waals surface area contributed by atoms with Crippen molar-refractivity contribution in [3.8, 4) is 5.75 Å². The van der Waals surface area contributed by atoms with Gasteiger partial charge in [-0.3, -0.25) is 9.59 Å². The number of rotatable bonds is 3. The first-order chi connectivity index (χ1) is 11.0. The van der Waals surface area contributed by atoms with Crippen LogP contribution >= 0.6 is 0 Å². The standard InChI is InChI=1S/C17H17NO5/c1-16-7-8-17(9-19,23-16)13-12(16)14(20)18(15(13)21)10-3-5-11(22-2)6-4-10/h3-8,12-13,19H,9H2,1-2H3/t12-,13-,16-,17+/m1/s1. The van der Waals surface area contributed by atoms with Crippen molar-refractivity contribution in [3.05, 3.63) is 36.4 Å². The molecular weight excluding hydrogens is 298 g/mol. The second-order valence-electron chi connectivity index (χ2n) is 6.40. The highest BCUT2D eigenvalue weighted by Gasteiger charge is 2.72. The monoisotopic (exact) mass is 315 g/mol. The first-order valence-electron chi connectivity index (χ1n) is 7.49. The smallest absolute Gasteiger partial charge is 0.241 e. The summed E-state index contributed by atoms with van der Waals surface area (Å²) in [6.45, 7) is 1.46. The lowest BCUT2D eigenvalue weighted by atomic mass is 9.73. The summed E-state index contributed by atoms with van der Waals surface area (Å²) >= 11 is 0. The van der Waals surface area contributed by atoms with E-state index in [4.69, 9.17) is 9.47 Å². The second kappa shape index (κ2) is 4.43. The van der Waals surface area contributed by atoms with Gasteiger partial charge in [0.15, 0.2) is 0 Å². The van der Waals surface area contributed by atoms with Crippen LogP contribution in [0.3, 0.4) is 0 Å². The Morgan fingerprint density at radius 2 is 1.83 bits per heavy atom. The average molecular weight is 315 g/mol. The third kappa shape index (κ3) is 1.65. The van der Waals surface area contributed by atoms with E-state index in [1.54, 1.807) is 50.5 Å². The summed E-state index contributed by atoms with van der Waals surface area (Å²) in [6.07, 6.45) is 3.50. The van der Waals surface area contributed by atoms with E-state index >= 15 is 0 Å². The molecule has 6 heteroatoms. The number of anilines is 1. The predicted octanol–water partition coefficient (Wildman–Crippen LogP) is 0.891. The number of nitrogens with zero attached hydrogens (tertiary/aromatic N) is 1. The summed E-state index contributed by atoms with van der Waals surface area (Å²) in [5.74, 6) is -1.25. The first-order valence-corrected chi connectivity index (χ1v) is 7.49. The molecule has 1 aromatic carbocycles. The molecule has 0 aliphatic carbocycles. The number of benzene rings is 1. The highest BCUT2D eigenvalue weighted by Crippen LogP contribution is 2.57. The van der Waals surface area contributed by atoms with Gasteiger partial charge >= 0.3 is 0 Å². The normalized spacial score (nSPS) is 37.6. The third-order valence-electron chi connectivity index (χ3n) is 5.13. The van der Waals surface area contributed by atoms with Crippen molar-refractivity contribution >= 4 is 17.5 Å². The Balaban J connectivity index is 1.76. The molecule has 0 aromatic heterocycles. The van der Waals surface area contributed by atoms with Crippen molar-refractivity contribution in [1.29, 1.82) is 0 Å². The summed E-state index contributed by atoms with van der Waals surface area (Å²) in [7, 11) is 1.55. The average Bonchev–Trinajstić information content (AvgIpc) is 3.14. The molecule has 1 N–H and O–H groups in total. The van der Waals surface area contributed by atoms with Crippen LogP contribution in [0.15, 0.2) is 36.4 Å². The lowest BCUT2D eigenvalue weighted by molar-refractivity contribution is -0.131. The minimum absolute atomic E-state index is 0.285. The van der Waals surface area contributed by atoms with Crippen LogP contribution in [0.4, 0.5) is 5.69 Å². The molecule has 4 rings (SSSR count). The molecule has 3 aliphatic rings. The summed E-state index contributed by atoms with van der Waals surface area (Å²) in [5.41, 5.74) is -1.43. The first kappa shape index (κ1) is 14.4. The van der Waals surface area contributed by atoms with Crippen LogP contribution < -0.4 is 9.64 Å². The fraction of sp³-hybridized carbons (Fsp3) is 0.412.